The van der Waals surface area contributed by atoms with Crippen molar-refractivity contribution in [1.29, 1.82) is 0 Å². The largest absolute Gasteiger partial charge is 0.278 e. The number of nitrogens with zero attached hydrogens (tertiary/aromatic N) is 3. The van der Waals surface area contributed by atoms with E-state index in [1.807, 2.05) is 60.7 Å². The third kappa shape index (κ3) is 2.40. The lowest BCUT2D eigenvalue weighted by Crippen LogP contribution is -2.13. The van der Waals surface area contributed by atoms with Crippen LogP contribution in [0.5, 0.6) is 0 Å². The Morgan fingerprint density at radius 1 is 0.913 bits per heavy atom. The summed E-state index contributed by atoms with van der Waals surface area (Å²) in [6, 6.07) is 21.1. The molecule has 0 aliphatic rings. The van der Waals surface area contributed by atoms with Crippen molar-refractivity contribution in [3.63, 3.8) is 0 Å². The summed E-state index contributed by atoms with van der Waals surface area (Å²) >= 11 is 0. The monoisotopic (exact) mass is 299 g/mol. The van der Waals surface area contributed by atoms with E-state index in [2.05, 4.69) is 10.1 Å². The third-order valence-corrected chi connectivity index (χ3v) is 3.73. The number of hydrogen-bond donors (Lipinski definition) is 0. The van der Waals surface area contributed by atoms with E-state index in [1.165, 1.54) is 4.68 Å². The molecule has 0 saturated carbocycles. The predicted molar refractivity (Wildman–Crippen MR) is 89.1 cm³/mol. The van der Waals surface area contributed by atoms with Crippen molar-refractivity contribution in [3.8, 4) is 11.3 Å². The minimum Gasteiger partial charge on any atom is -0.267 e. The minimum absolute atomic E-state index is 0.161. The van der Waals surface area contributed by atoms with Gasteiger partial charge in [-0.25, -0.2) is 9.67 Å². The van der Waals surface area contributed by atoms with Crippen molar-refractivity contribution in [2.24, 2.45) is 0 Å². The molecule has 2 aromatic heterocycles. The number of rotatable bonds is 2. The van der Waals surface area contributed by atoms with Crippen molar-refractivity contribution < 1.29 is 4.79 Å². The molecule has 0 atom stereocenters. The summed E-state index contributed by atoms with van der Waals surface area (Å²) in [5, 5.41) is 4.88. The molecule has 4 rings (SSSR count). The molecule has 0 N–H and O–H groups in total. The third-order valence-electron chi connectivity index (χ3n) is 3.73. The molecule has 0 saturated heterocycles. The molecule has 0 unspecified atom stereocenters. The number of benzene rings is 2. The number of carbonyl (C=O) groups excluding carboxylic acids is 1. The average Bonchev–Trinajstić information content (AvgIpc) is 3.15. The van der Waals surface area contributed by atoms with Gasteiger partial charge in [0.05, 0.1) is 16.8 Å². The topological polar surface area (TPSA) is 47.8 Å². The van der Waals surface area contributed by atoms with Crippen LogP contribution < -0.4 is 0 Å². The highest BCUT2D eigenvalue weighted by Gasteiger charge is 2.15. The smallest absolute Gasteiger partial charge is 0.267 e. The van der Waals surface area contributed by atoms with Crippen molar-refractivity contribution in [1.82, 2.24) is 14.8 Å². The maximum Gasteiger partial charge on any atom is 0.278 e. The summed E-state index contributed by atoms with van der Waals surface area (Å²) in [5.41, 5.74) is 3.15. The number of para-hydroxylation sites is 1. The first kappa shape index (κ1) is 13.4. The lowest BCUT2D eigenvalue weighted by Gasteiger charge is -2.09. The number of hydrogen-bond acceptors (Lipinski definition) is 3. The Balaban J connectivity index is 1.96. The SMILES string of the molecule is O=C(c1cc(-c2ccccc2)nc2ccccc12)n1cccn1. The zero-order valence-electron chi connectivity index (χ0n) is 12.3. The molecule has 2 aromatic carbocycles. The van der Waals surface area contributed by atoms with Gasteiger partial charge in [0.1, 0.15) is 0 Å². The van der Waals surface area contributed by atoms with Gasteiger partial charge in [0, 0.05) is 23.3 Å². The van der Waals surface area contributed by atoms with E-state index in [-0.39, 0.29) is 5.91 Å². The fourth-order valence-electron chi connectivity index (χ4n) is 2.62. The molecule has 0 fully saturated rings. The Hall–Kier alpha value is -3.27. The van der Waals surface area contributed by atoms with Crippen LogP contribution in [0.2, 0.25) is 0 Å². The molecule has 0 radical (unpaired) electrons. The van der Waals surface area contributed by atoms with Crippen LogP contribution in [-0.4, -0.2) is 20.7 Å². The van der Waals surface area contributed by atoms with Crippen molar-refractivity contribution >= 4 is 16.8 Å². The summed E-state index contributed by atoms with van der Waals surface area (Å²) in [4.78, 5) is 17.5. The van der Waals surface area contributed by atoms with Crippen LogP contribution in [0.25, 0.3) is 22.2 Å². The quantitative estimate of drug-likeness (QED) is 0.566. The van der Waals surface area contributed by atoms with Gasteiger partial charge in [0.25, 0.3) is 5.91 Å². The van der Waals surface area contributed by atoms with Gasteiger partial charge in [0.2, 0.25) is 0 Å². The predicted octanol–water partition coefficient (Wildman–Crippen LogP) is 3.79. The van der Waals surface area contributed by atoms with Gasteiger partial charge >= 0.3 is 0 Å². The second-order valence-electron chi connectivity index (χ2n) is 5.19. The standard InChI is InChI=1S/C19H13N3O/c23-19(22-12-6-11-20-22)16-13-18(14-7-2-1-3-8-14)21-17-10-5-4-9-15(16)17/h1-13H. The Labute approximate surface area is 133 Å². The Morgan fingerprint density at radius 2 is 1.70 bits per heavy atom. The first-order valence-electron chi connectivity index (χ1n) is 7.32. The fraction of sp³-hybridized carbons (Fsp3) is 0. The maximum atomic E-state index is 12.8. The van der Waals surface area contributed by atoms with Gasteiger partial charge in [-0.3, -0.25) is 4.79 Å². The average molecular weight is 299 g/mol. The Morgan fingerprint density at radius 3 is 2.48 bits per heavy atom. The van der Waals surface area contributed by atoms with E-state index in [4.69, 9.17) is 0 Å². The van der Waals surface area contributed by atoms with Crippen LogP contribution in [-0.2, 0) is 0 Å². The van der Waals surface area contributed by atoms with Crippen LogP contribution in [0, 0.1) is 0 Å². The number of pyridine rings is 1. The molecule has 110 valence electrons. The lowest BCUT2D eigenvalue weighted by atomic mass is 10.0. The van der Waals surface area contributed by atoms with Crippen molar-refractivity contribution in [3.05, 3.63) is 84.7 Å². The van der Waals surface area contributed by atoms with Gasteiger partial charge < -0.3 is 0 Å². The van der Waals surface area contributed by atoms with E-state index in [0.29, 0.717) is 5.56 Å². The first-order valence-corrected chi connectivity index (χ1v) is 7.32. The van der Waals surface area contributed by atoms with E-state index < -0.39 is 0 Å². The molecule has 0 aliphatic carbocycles. The molecule has 4 nitrogen and oxygen atoms in total. The van der Waals surface area contributed by atoms with Crippen LogP contribution in [0.15, 0.2) is 79.1 Å². The summed E-state index contributed by atoms with van der Waals surface area (Å²) in [6.45, 7) is 0. The number of aromatic nitrogens is 3. The normalized spacial score (nSPS) is 10.8. The highest BCUT2D eigenvalue weighted by atomic mass is 16.2. The van der Waals surface area contributed by atoms with E-state index in [9.17, 15) is 4.79 Å². The lowest BCUT2D eigenvalue weighted by molar-refractivity contribution is 0.0946. The van der Waals surface area contributed by atoms with Gasteiger partial charge in [-0.05, 0) is 18.2 Å². The molecule has 4 heteroatoms. The zero-order chi connectivity index (χ0) is 15.6. The molecule has 0 aliphatic heterocycles. The zero-order valence-corrected chi connectivity index (χ0v) is 12.3. The van der Waals surface area contributed by atoms with E-state index in [1.54, 1.807) is 18.5 Å². The second kappa shape index (κ2) is 5.50. The molecule has 0 spiro atoms. The summed E-state index contributed by atoms with van der Waals surface area (Å²) in [7, 11) is 0. The summed E-state index contributed by atoms with van der Waals surface area (Å²) < 4.78 is 1.34. The molecule has 4 aromatic rings. The number of fused-ring (bicyclic) bond motifs is 1. The molecule has 0 bridgehead atoms. The van der Waals surface area contributed by atoms with Gasteiger partial charge in [-0.1, -0.05) is 48.5 Å². The summed E-state index contributed by atoms with van der Waals surface area (Å²) in [5.74, 6) is -0.161. The van der Waals surface area contributed by atoms with Crippen molar-refractivity contribution in [2.45, 2.75) is 0 Å². The summed E-state index contributed by atoms with van der Waals surface area (Å²) in [6.07, 6.45) is 3.25. The Kier molecular flexibility index (Phi) is 3.20. The molecule has 0 amide bonds. The van der Waals surface area contributed by atoms with E-state index in [0.717, 1.165) is 22.2 Å². The van der Waals surface area contributed by atoms with Crippen LogP contribution >= 0.6 is 0 Å². The highest BCUT2D eigenvalue weighted by molar-refractivity contribution is 6.07. The maximum absolute atomic E-state index is 12.8. The van der Waals surface area contributed by atoms with Crippen LogP contribution in [0.1, 0.15) is 10.4 Å². The van der Waals surface area contributed by atoms with Gasteiger partial charge in [-0.15, -0.1) is 0 Å². The first-order chi connectivity index (χ1) is 11.3. The molecule has 23 heavy (non-hydrogen) atoms. The molecular weight excluding hydrogens is 286 g/mol. The Bertz CT molecular complexity index is 976. The van der Waals surface area contributed by atoms with Crippen molar-refractivity contribution in [2.75, 3.05) is 0 Å². The number of carbonyl (C=O) groups is 1. The van der Waals surface area contributed by atoms with E-state index >= 15 is 0 Å². The van der Waals surface area contributed by atoms with Gasteiger partial charge in [0.15, 0.2) is 0 Å². The second-order valence-corrected chi connectivity index (χ2v) is 5.19. The van der Waals surface area contributed by atoms with Crippen LogP contribution in [0.3, 0.4) is 0 Å². The van der Waals surface area contributed by atoms with Gasteiger partial charge in [-0.2, -0.15) is 5.10 Å². The fourth-order valence-corrected chi connectivity index (χ4v) is 2.62. The molecular formula is C19H13N3O. The highest BCUT2D eigenvalue weighted by Crippen LogP contribution is 2.25. The molecule has 2 heterocycles. The van der Waals surface area contributed by atoms with Crippen LogP contribution in [0.4, 0.5) is 0 Å². The minimum atomic E-state index is -0.161.